The summed E-state index contributed by atoms with van der Waals surface area (Å²) < 4.78 is 0. The van der Waals surface area contributed by atoms with Gasteiger partial charge in [-0.15, -0.1) is 0 Å². The van der Waals surface area contributed by atoms with Crippen LogP contribution in [0.25, 0.3) is 0 Å². The first kappa shape index (κ1) is 20.3. The third-order valence-electron chi connectivity index (χ3n) is 5.51. The summed E-state index contributed by atoms with van der Waals surface area (Å²) in [5.41, 5.74) is 2.50. The fraction of sp³-hybridized carbons (Fsp3) is 0.591. The number of benzene rings is 1. The van der Waals surface area contributed by atoms with Gasteiger partial charge < -0.3 is 15.1 Å². The monoisotopic (exact) mass is 359 g/mol. The molecule has 1 fully saturated rings. The summed E-state index contributed by atoms with van der Waals surface area (Å²) in [6.45, 7) is 10.0. The maximum absolute atomic E-state index is 11.0. The normalized spacial score (nSPS) is 20.1. The van der Waals surface area contributed by atoms with Crippen molar-refractivity contribution in [2.24, 2.45) is 17.8 Å². The number of phenolic OH excluding ortho intramolecular Hbond substituents is 2. The molecule has 1 amide bonds. The number of carbonyl (C=O) groups excluding carboxylic acids is 1. The number of allylic oxidation sites excluding steroid dienone is 2. The number of likely N-dealkylation sites (tertiary alicyclic amines) is 1. The lowest BCUT2D eigenvalue weighted by atomic mass is 9.83. The first-order valence-corrected chi connectivity index (χ1v) is 9.67. The predicted octanol–water partition coefficient (Wildman–Crippen LogP) is 4.51. The summed E-state index contributed by atoms with van der Waals surface area (Å²) in [5, 5.41) is 18.6. The molecule has 4 heteroatoms. The fourth-order valence-corrected chi connectivity index (χ4v) is 3.65. The van der Waals surface area contributed by atoms with Gasteiger partial charge in [0.05, 0.1) is 0 Å². The summed E-state index contributed by atoms with van der Waals surface area (Å²) in [4.78, 5) is 12.8. The van der Waals surface area contributed by atoms with Gasteiger partial charge in [-0.05, 0) is 68.1 Å². The molecule has 1 heterocycles. The highest BCUT2D eigenvalue weighted by Crippen LogP contribution is 2.28. The smallest absolute Gasteiger partial charge is 0.219 e. The molecule has 0 radical (unpaired) electrons. The van der Waals surface area contributed by atoms with Crippen molar-refractivity contribution in [2.75, 3.05) is 13.1 Å². The third-order valence-corrected chi connectivity index (χ3v) is 5.51. The van der Waals surface area contributed by atoms with Crippen molar-refractivity contribution in [2.45, 2.75) is 53.4 Å². The Morgan fingerprint density at radius 3 is 2.27 bits per heavy atom. The summed E-state index contributed by atoms with van der Waals surface area (Å²) in [6, 6.07) is 4.61. The van der Waals surface area contributed by atoms with Crippen LogP contribution in [0.5, 0.6) is 11.5 Å². The van der Waals surface area contributed by atoms with Crippen molar-refractivity contribution >= 4 is 5.91 Å². The highest BCUT2D eigenvalue weighted by Gasteiger charge is 2.28. The minimum Gasteiger partial charge on any atom is -0.508 e. The van der Waals surface area contributed by atoms with Gasteiger partial charge in [-0.25, -0.2) is 0 Å². The number of hydrogen-bond donors (Lipinski definition) is 2. The summed E-state index contributed by atoms with van der Waals surface area (Å²) >= 11 is 0. The Hall–Kier alpha value is -1.97. The molecule has 0 spiro atoms. The van der Waals surface area contributed by atoms with Gasteiger partial charge in [-0.3, -0.25) is 4.79 Å². The molecular formula is C22H33NO3. The molecule has 1 atom stereocenters. The molecule has 26 heavy (non-hydrogen) atoms. The number of amides is 1. The van der Waals surface area contributed by atoms with Crippen LogP contribution in [0.1, 0.15) is 52.5 Å². The summed E-state index contributed by atoms with van der Waals surface area (Å²) in [7, 11) is 0. The topological polar surface area (TPSA) is 60.8 Å². The number of nitrogens with zero attached hydrogens (tertiary/aromatic N) is 1. The standard InChI is InChI=1S/C12H15NO3.C10H18/c1-8(14)13-6-10(7-13)2-9-3-11(15)5-12(16)4-9;1-8(2)10-6-4-9(3)5-7-10/h3-5,10,15-16H,2,6-7H2,1H3;4,8,10H,5-7H2,1-3H3. The van der Waals surface area contributed by atoms with Gasteiger partial charge in [-0.1, -0.05) is 25.5 Å². The first-order valence-electron chi connectivity index (χ1n) is 9.67. The molecule has 1 unspecified atom stereocenters. The van der Waals surface area contributed by atoms with Crippen LogP contribution in [-0.2, 0) is 11.2 Å². The molecule has 1 aliphatic carbocycles. The zero-order valence-corrected chi connectivity index (χ0v) is 16.5. The third kappa shape index (κ3) is 6.08. The van der Waals surface area contributed by atoms with E-state index in [-0.39, 0.29) is 17.4 Å². The number of phenols is 2. The van der Waals surface area contributed by atoms with Gasteiger partial charge in [0.25, 0.3) is 0 Å². The lowest BCUT2D eigenvalue weighted by Gasteiger charge is -2.38. The van der Waals surface area contributed by atoms with E-state index in [0.717, 1.165) is 36.9 Å². The zero-order valence-electron chi connectivity index (χ0n) is 16.5. The molecule has 4 nitrogen and oxygen atoms in total. The van der Waals surface area contributed by atoms with Gasteiger partial charge in [0, 0.05) is 26.1 Å². The second-order valence-electron chi connectivity index (χ2n) is 8.18. The largest absolute Gasteiger partial charge is 0.508 e. The van der Waals surface area contributed by atoms with E-state index in [1.165, 1.54) is 25.3 Å². The predicted molar refractivity (Wildman–Crippen MR) is 105 cm³/mol. The van der Waals surface area contributed by atoms with E-state index in [2.05, 4.69) is 26.8 Å². The van der Waals surface area contributed by atoms with Crippen molar-refractivity contribution in [3.05, 3.63) is 35.4 Å². The van der Waals surface area contributed by atoms with Gasteiger partial charge in [0.15, 0.2) is 0 Å². The molecule has 1 aromatic rings. The van der Waals surface area contributed by atoms with Gasteiger partial charge in [0.2, 0.25) is 5.91 Å². The van der Waals surface area contributed by atoms with E-state index in [1.807, 2.05) is 0 Å². The lowest BCUT2D eigenvalue weighted by Crippen LogP contribution is -2.49. The number of carbonyl (C=O) groups is 1. The van der Waals surface area contributed by atoms with Gasteiger partial charge in [0.1, 0.15) is 11.5 Å². The minimum absolute atomic E-state index is 0.0812. The van der Waals surface area contributed by atoms with Crippen molar-refractivity contribution in [1.82, 2.24) is 4.90 Å². The SMILES string of the molecule is CC(=O)N1CC(Cc2cc(O)cc(O)c2)C1.CC1=CCC(C(C)C)CC1. The molecular weight excluding hydrogens is 326 g/mol. The van der Waals surface area contributed by atoms with E-state index < -0.39 is 0 Å². The molecule has 2 aliphatic rings. The Kier molecular flexibility index (Phi) is 7.13. The van der Waals surface area contributed by atoms with Gasteiger partial charge >= 0.3 is 0 Å². The van der Waals surface area contributed by atoms with Crippen LogP contribution in [0, 0.1) is 17.8 Å². The molecule has 144 valence electrons. The maximum atomic E-state index is 11.0. The minimum atomic E-state index is 0.0812. The second-order valence-corrected chi connectivity index (χ2v) is 8.18. The van der Waals surface area contributed by atoms with Crippen molar-refractivity contribution < 1.29 is 15.0 Å². The average molecular weight is 360 g/mol. The first-order chi connectivity index (χ1) is 12.2. The molecule has 1 aliphatic heterocycles. The van der Waals surface area contributed by atoms with E-state index in [4.69, 9.17) is 0 Å². The maximum Gasteiger partial charge on any atom is 0.219 e. The van der Waals surface area contributed by atoms with Crippen LogP contribution in [0.2, 0.25) is 0 Å². The number of hydrogen-bond acceptors (Lipinski definition) is 3. The quantitative estimate of drug-likeness (QED) is 0.781. The molecule has 3 rings (SSSR count). The van der Waals surface area contributed by atoms with Crippen LogP contribution in [0.15, 0.2) is 29.8 Å². The van der Waals surface area contributed by atoms with Crippen molar-refractivity contribution in [1.29, 1.82) is 0 Å². The molecule has 1 saturated heterocycles. The highest BCUT2D eigenvalue weighted by molar-refractivity contribution is 5.74. The highest BCUT2D eigenvalue weighted by atomic mass is 16.3. The Morgan fingerprint density at radius 2 is 1.81 bits per heavy atom. The van der Waals surface area contributed by atoms with Crippen LogP contribution >= 0.6 is 0 Å². The Bertz CT molecular complexity index is 625. The van der Waals surface area contributed by atoms with Crippen molar-refractivity contribution in [3.8, 4) is 11.5 Å². The molecule has 0 aromatic heterocycles. The van der Waals surface area contributed by atoms with Crippen LogP contribution in [-0.4, -0.2) is 34.1 Å². The number of rotatable bonds is 3. The Labute approximate surface area is 157 Å². The van der Waals surface area contributed by atoms with Crippen LogP contribution in [0.3, 0.4) is 0 Å². The van der Waals surface area contributed by atoms with E-state index in [1.54, 1.807) is 29.5 Å². The molecule has 2 N–H and O–H groups in total. The zero-order chi connectivity index (χ0) is 19.3. The number of aromatic hydroxyl groups is 2. The lowest BCUT2D eigenvalue weighted by molar-refractivity contribution is -0.134. The van der Waals surface area contributed by atoms with Gasteiger partial charge in [-0.2, -0.15) is 0 Å². The molecule has 0 saturated carbocycles. The second kappa shape index (κ2) is 9.11. The van der Waals surface area contributed by atoms with E-state index in [9.17, 15) is 15.0 Å². The summed E-state index contributed by atoms with van der Waals surface area (Å²) in [5.74, 6) is 2.55. The molecule has 1 aromatic carbocycles. The Morgan fingerprint density at radius 1 is 1.19 bits per heavy atom. The van der Waals surface area contributed by atoms with Crippen LogP contribution < -0.4 is 0 Å². The van der Waals surface area contributed by atoms with Crippen LogP contribution in [0.4, 0.5) is 0 Å². The van der Waals surface area contributed by atoms with E-state index in [0.29, 0.717) is 5.92 Å². The van der Waals surface area contributed by atoms with Crippen molar-refractivity contribution in [3.63, 3.8) is 0 Å². The Balaban J connectivity index is 0.000000209. The van der Waals surface area contributed by atoms with E-state index >= 15 is 0 Å². The fourth-order valence-electron chi connectivity index (χ4n) is 3.65. The summed E-state index contributed by atoms with van der Waals surface area (Å²) in [6.07, 6.45) is 7.27. The average Bonchev–Trinajstić information content (AvgIpc) is 2.50. The molecule has 0 bridgehead atoms.